The summed E-state index contributed by atoms with van der Waals surface area (Å²) in [6, 6.07) is 18.3. The molecule has 1 amide bonds. The Bertz CT molecular complexity index is 1390. The third-order valence-electron chi connectivity index (χ3n) is 5.28. The van der Waals surface area contributed by atoms with E-state index in [1.807, 2.05) is 36.4 Å². The van der Waals surface area contributed by atoms with E-state index in [-0.39, 0.29) is 24.6 Å². The van der Waals surface area contributed by atoms with Gasteiger partial charge in [-0.3, -0.25) is 14.2 Å². The predicted molar refractivity (Wildman–Crippen MR) is 133 cm³/mol. The molecule has 0 saturated carbocycles. The van der Waals surface area contributed by atoms with Crippen LogP contribution in [0.4, 0.5) is 5.82 Å². The van der Waals surface area contributed by atoms with E-state index in [4.69, 9.17) is 16.3 Å². The van der Waals surface area contributed by atoms with E-state index in [1.165, 1.54) is 6.92 Å². The number of pyridine rings is 1. The Morgan fingerprint density at radius 1 is 1.06 bits per heavy atom. The average Bonchev–Trinajstić information content (AvgIpc) is 2.84. The quantitative estimate of drug-likeness (QED) is 0.400. The maximum absolute atomic E-state index is 13.4. The maximum atomic E-state index is 13.4. The Kier molecular flexibility index (Phi) is 7.08. The number of benzene rings is 2. The fourth-order valence-electron chi connectivity index (χ4n) is 3.53. The molecule has 0 bridgehead atoms. The molecule has 0 saturated heterocycles. The number of aromatic nitrogens is 3. The summed E-state index contributed by atoms with van der Waals surface area (Å²) in [5.41, 5.74) is 2.60. The second-order valence-electron chi connectivity index (χ2n) is 7.61. The first kappa shape index (κ1) is 23.3. The molecule has 4 aromatic rings. The molecule has 174 valence electrons. The van der Waals surface area contributed by atoms with Crippen LogP contribution in [-0.2, 0) is 17.9 Å². The lowest BCUT2D eigenvalue weighted by Crippen LogP contribution is -2.31. The van der Waals surface area contributed by atoms with Crippen molar-refractivity contribution < 1.29 is 9.53 Å². The zero-order valence-electron chi connectivity index (χ0n) is 18.8. The van der Waals surface area contributed by atoms with Crippen LogP contribution >= 0.6 is 11.6 Å². The van der Waals surface area contributed by atoms with Gasteiger partial charge in [0, 0.05) is 37.1 Å². The summed E-state index contributed by atoms with van der Waals surface area (Å²) >= 11 is 6.25. The van der Waals surface area contributed by atoms with Crippen LogP contribution in [0.3, 0.4) is 0 Å². The van der Waals surface area contributed by atoms with Gasteiger partial charge in [-0.25, -0.2) is 9.97 Å². The topological polar surface area (TPSA) is 98.1 Å². The summed E-state index contributed by atoms with van der Waals surface area (Å²) in [4.78, 5) is 34.1. The predicted octanol–water partition coefficient (Wildman–Crippen LogP) is 3.87. The van der Waals surface area contributed by atoms with Gasteiger partial charge in [-0.05, 0) is 48.0 Å². The maximum Gasteiger partial charge on any atom is 0.278 e. The van der Waals surface area contributed by atoms with E-state index in [0.29, 0.717) is 45.6 Å². The number of hydrogen-bond donors (Lipinski definition) is 2. The van der Waals surface area contributed by atoms with Crippen LogP contribution in [0.2, 0.25) is 5.02 Å². The monoisotopic (exact) mass is 477 g/mol. The molecule has 0 aliphatic heterocycles. The number of nitrogens with zero attached hydrogens (tertiary/aromatic N) is 3. The van der Waals surface area contributed by atoms with Gasteiger partial charge in [0.25, 0.3) is 5.56 Å². The molecule has 2 heterocycles. The van der Waals surface area contributed by atoms with Gasteiger partial charge >= 0.3 is 0 Å². The highest BCUT2D eigenvalue weighted by molar-refractivity contribution is 6.31. The van der Waals surface area contributed by atoms with E-state index in [2.05, 4.69) is 20.6 Å². The molecule has 2 aromatic carbocycles. The van der Waals surface area contributed by atoms with Crippen LogP contribution in [0.5, 0.6) is 5.75 Å². The van der Waals surface area contributed by atoms with Crippen LogP contribution in [0.1, 0.15) is 12.5 Å². The molecule has 0 fully saturated rings. The largest absolute Gasteiger partial charge is 0.497 e. The number of ether oxygens (including phenoxy) is 1. The standard InChI is InChI=1S/C25H24ClN5O3/c1-16(32)27-13-14-31-24-21(29-23(25(31)33)17-7-9-19(34-2)10-8-17)11-12-22(30-24)28-15-18-5-3-4-6-20(18)26/h3-12H,13-15H2,1-2H3,(H,27,32)(H,28,30). The van der Waals surface area contributed by atoms with Crippen molar-refractivity contribution in [3.8, 4) is 17.0 Å². The lowest BCUT2D eigenvalue weighted by atomic mass is 10.1. The van der Waals surface area contributed by atoms with Gasteiger partial charge in [-0.2, -0.15) is 0 Å². The number of rotatable bonds is 8. The number of carbonyl (C=O) groups excluding carboxylic acids is 1. The normalized spacial score (nSPS) is 10.8. The Hall–Kier alpha value is -3.91. The molecule has 0 radical (unpaired) electrons. The summed E-state index contributed by atoms with van der Waals surface area (Å²) in [7, 11) is 1.58. The first-order valence-corrected chi connectivity index (χ1v) is 11.1. The van der Waals surface area contributed by atoms with Crippen molar-refractivity contribution in [3.63, 3.8) is 0 Å². The van der Waals surface area contributed by atoms with Crippen molar-refractivity contribution in [1.29, 1.82) is 0 Å². The van der Waals surface area contributed by atoms with Crippen molar-refractivity contribution in [2.45, 2.75) is 20.0 Å². The molecule has 0 spiro atoms. The smallest absolute Gasteiger partial charge is 0.278 e. The minimum atomic E-state index is -0.293. The number of methoxy groups -OCH3 is 1. The minimum absolute atomic E-state index is 0.170. The van der Waals surface area contributed by atoms with Crippen LogP contribution in [0.25, 0.3) is 22.4 Å². The van der Waals surface area contributed by atoms with Crippen LogP contribution in [-0.4, -0.2) is 34.1 Å². The highest BCUT2D eigenvalue weighted by Crippen LogP contribution is 2.22. The van der Waals surface area contributed by atoms with E-state index >= 15 is 0 Å². The second-order valence-corrected chi connectivity index (χ2v) is 8.02. The Labute approximate surface area is 201 Å². The van der Waals surface area contributed by atoms with Gasteiger partial charge in [0.05, 0.1) is 7.11 Å². The van der Waals surface area contributed by atoms with Crippen molar-refractivity contribution in [2.24, 2.45) is 0 Å². The number of amides is 1. The first-order valence-electron chi connectivity index (χ1n) is 10.7. The second kappa shape index (κ2) is 10.4. The van der Waals surface area contributed by atoms with E-state index < -0.39 is 0 Å². The zero-order valence-corrected chi connectivity index (χ0v) is 19.6. The van der Waals surface area contributed by atoms with Gasteiger partial charge in [-0.15, -0.1) is 0 Å². The number of halogens is 1. The van der Waals surface area contributed by atoms with E-state index in [1.54, 1.807) is 35.9 Å². The van der Waals surface area contributed by atoms with Crippen LogP contribution in [0, 0.1) is 0 Å². The Balaban J connectivity index is 1.73. The zero-order chi connectivity index (χ0) is 24.1. The fraction of sp³-hybridized carbons (Fsp3) is 0.200. The van der Waals surface area contributed by atoms with Gasteiger partial charge in [-0.1, -0.05) is 29.8 Å². The SMILES string of the molecule is COc1ccc(-c2nc3ccc(NCc4ccccc4Cl)nc3n(CCNC(C)=O)c2=O)cc1. The molecule has 0 atom stereocenters. The van der Waals surface area contributed by atoms with E-state index in [9.17, 15) is 9.59 Å². The number of fused-ring (bicyclic) bond motifs is 1. The number of nitrogens with one attached hydrogen (secondary N) is 2. The molecule has 2 aromatic heterocycles. The number of anilines is 1. The molecule has 8 nitrogen and oxygen atoms in total. The third-order valence-corrected chi connectivity index (χ3v) is 5.65. The molecule has 34 heavy (non-hydrogen) atoms. The van der Waals surface area contributed by atoms with Gasteiger partial charge in [0.2, 0.25) is 5.91 Å². The number of hydrogen-bond acceptors (Lipinski definition) is 6. The molecule has 9 heteroatoms. The highest BCUT2D eigenvalue weighted by atomic mass is 35.5. The summed E-state index contributed by atoms with van der Waals surface area (Å²) < 4.78 is 6.75. The molecular weight excluding hydrogens is 454 g/mol. The highest BCUT2D eigenvalue weighted by Gasteiger charge is 2.15. The molecule has 0 aliphatic carbocycles. The molecular formula is C25H24ClN5O3. The summed E-state index contributed by atoms with van der Waals surface area (Å²) in [5, 5.41) is 6.65. The lowest BCUT2D eigenvalue weighted by Gasteiger charge is -2.14. The molecule has 0 aliphatic rings. The fourth-order valence-corrected chi connectivity index (χ4v) is 3.74. The van der Waals surface area contributed by atoms with Crippen molar-refractivity contribution in [2.75, 3.05) is 19.0 Å². The molecule has 0 unspecified atom stereocenters. The lowest BCUT2D eigenvalue weighted by molar-refractivity contribution is -0.118. The molecule has 4 rings (SSSR count). The van der Waals surface area contributed by atoms with Crippen molar-refractivity contribution in [3.05, 3.63) is 81.6 Å². The minimum Gasteiger partial charge on any atom is -0.497 e. The summed E-state index contributed by atoms with van der Waals surface area (Å²) in [6.45, 7) is 2.45. The van der Waals surface area contributed by atoms with Crippen LogP contribution in [0.15, 0.2) is 65.5 Å². The Morgan fingerprint density at radius 2 is 1.82 bits per heavy atom. The number of carbonyl (C=O) groups is 1. The van der Waals surface area contributed by atoms with Crippen LogP contribution < -0.4 is 20.9 Å². The third kappa shape index (κ3) is 5.18. The van der Waals surface area contributed by atoms with Crippen molar-refractivity contribution >= 4 is 34.5 Å². The van der Waals surface area contributed by atoms with Gasteiger partial charge < -0.3 is 15.4 Å². The van der Waals surface area contributed by atoms with Crippen molar-refractivity contribution in [1.82, 2.24) is 19.9 Å². The average molecular weight is 478 g/mol. The van der Waals surface area contributed by atoms with E-state index in [0.717, 1.165) is 5.56 Å². The van der Waals surface area contributed by atoms with Gasteiger partial charge in [0.1, 0.15) is 22.8 Å². The summed E-state index contributed by atoms with van der Waals surface area (Å²) in [5.74, 6) is 1.10. The Morgan fingerprint density at radius 3 is 2.53 bits per heavy atom. The first-order chi connectivity index (χ1) is 16.5. The molecule has 2 N–H and O–H groups in total. The van der Waals surface area contributed by atoms with Gasteiger partial charge in [0.15, 0.2) is 5.65 Å². The summed E-state index contributed by atoms with van der Waals surface area (Å²) in [6.07, 6.45) is 0.